The van der Waals surface area contributed by atoms with Gasteiger partial charge in [0.15, 0.2) is 5.78 Å². The second-order valence-electron chi connectivity index (χ2n) is 2.87. The van der Waals surface area contributed by atoms with Crippen molar-refractivity contribution in [2.24, 2.45) is 0 Å². The quantitative estimate of drug-likeness (QED) is 0.572. The van der Waals surface area contributed by atoms with Gasteiger partial charge in [-0.15, -0.1) is 11.6 Å². The molecular weight excluding hydrogens is 332 g/mol. The van der Waals surface area contributed by atoms with Crippen LogP contribution in [-0.2, 0) is 6.18 Å². The Morgan fingerprint density at radius 1 is 1.38 bits per heavy atom. The smallest absolute Gasteiger partial charge is 0.293 e. The summed E-state index contributed by atoms with van der Waals surface area (Å²) in [5.41, 5.74) is -1.18. The lowest BCUT2D eigenvalue weighted by atomic mass is 10.1. The van der Waals surface area contributed by atoms with Crippen molar-refractivity contribution >= 4 is 44.9 Å². The lowest BCUT2D eigenvalue weighted by Crippen LogP contribution is -2.10. The van der Waals surface area contributed by atoms with E-state index in [2.05, 4.69) is 15.9 Å². The molecule has 0 radical (unpaired) electrons. The van der Waals surface area contributed by atoms with Crippen molar-refractivity contribution < 1.29 is 18.0 Å². The summed E-state index contributed by atoms with van der Waals surface area (Å²) < 4.78 is 37.6. The third-order valence-corrected chi connectivity index (χ3v) is 3.00. The minimum Gasteiger partial charge on any atom is -0.293 e. The number of hydrogen-bond acceptors (Lipinski definition) is 1. The lowest BCUT2D eigenvalue weighted by molar-refractivity contribution is -0.137. The molecule has 7 heteroatoms. The van der Waals surface area contributed by atoms with Crippen LogP contribution in [0.15, 0.2) is 16.6 Å². The van der Waals surface area contributed by atoms with Gasteiger partial charge in [0.05, 0.1) is 16.5 Å². The molecule has 0 saturated carbocycles. The number of hydrogen-bond donors (Lipinski definition) is 0. The maximum Gasteiger partial charge on any atom is 0.417 e. The third kappa shape index (κ3) is 2.90. The lowest BCUT2D eigenvalue weighted by Gasteiger charge is -2.11. The number of benzene rings is 1. The van der Waals surface area contributed by atoms with Gasteiger partial charge in [-0.25, -0.2) is 0 Å². The standard InChI is InChI=1S/C9H4BrCl2F3O/c10-6-2-7(12)5(9(13,14)15)1-4(6)8(16)3-11/h1-2H,3H2. The molecule has 0 aliphatic carbocycles. The zero-order valence-electron chi connectivity index (χ0n) is 7.54. The SMILES string of the molecule is O=C(CCl)c1cc(C(F)(F)F)c(Cl)cc1Br. The highest BCUT2D eigenvalue weighted by atomic mass is 79.9. The maximum absolute atomic E-state index is 12.5. The monoisotopic (exact) mass is 334 g/mol. The van der Waals surface area contributed by atoms with Gasteiger partial charge in [-0.1, -0.05) is 11.6 Å². The Kier molecular flexibility index (Phi) is 4.26. The number of carbonyl (C=O) groups excluding carboxylic acids is 1. The van der Waals surface area contributed by atoms with E-state index in [9.17, 15) is 18.0 Å². The first-order valence-electron chi connectivity index (χ1n) is 3.92. The Morgan fingerprint density at radius 2 is 1.94 bits per heavy atom. The summed E-state index contributed by atoms with van der Waals surface area (Å²) in [6, 6.07) is 1.72. The molecule has 0 atom stereocenters. The van der Waals surface area contributed by atoms with E-state index in [1.54, 1.807) is 0 Å². The molecule has 0 bridgehead atoms. The van der Waals surface area contributed by atoms with E-state index in [0.717, 1.165) is 6.07 Å². The zero-order chi connectivity index (χ0) is 12.5. The van der Waals surface area contributed by atoms with E-state index >= 15 is 0 Å². The van der Waals surface area contributed by atoms with Crippen LogP contribution < -0.4 is 0 Å². The average molecular weight is 336 g/mol. The molecule has 0 saturated heterocycles. The van der Waals surface area contributed by atoms with Crippen molar-refractivity contribution in [1.82, 2.24) is 0 Å². The average Bonchev–Trinajstić information content (AvgIpc) is 2.14. The molecule has 1 nitrogen and oxygen atoms in total. The van der Waals surface area contributed by atoms with Gasteiger partial charge in [0.25, 0.3) is 0 Å². The molecular formula is C9H4BrCl2F3O. The summed E-state index contributed by atoms with van der Waals surface area (Å²) in [5, 5.41) is -0.467. The van der Waals surface area contributed by atoms with E-state index < -0.39 is 28.4 Å². The van der Waals surface area contributed by atoms with Crippen molar-refractivity contribution in [3.63, 3.8) is 0 Å². The van der Waals surface area contributed by atoms with Crippen molar-refractivity contribution in [3.8, 4) is 0 Å². The van der Waals surface area contributed by atoms with Crippen LogP contribution in [0.5, 0.6) is 0 Å². The molecule has 88 valence electrons. The number of rotatable bonds is 2. The molecule has 0 aromatic heterocycles. The van der Waals surface area contributed by atoms with Crippen LogP contribution in [0.1, 0.15) is 15.9 Å². The fourth-order valence-electron chi connectivity index (χ4n) is 1.05. The van der Waals surface area contributed by atoms with Crippen LogP contribution in [0.3, 0.4) is 0 Å². The van der Waals surface area contributed by atoms with E-state index in [4.69, 9.17) is 23.2 Å². The maximum atomic E-state index is 12.5. The first-order valence-corrected chi connectivity index (χ1v) is 5.63. The van der Waals surface area contributed by atoms with Crippen LogP contribution >= 0.6 is 39.1 Å². The first-order chi connectivity index (χ1) is 7.27. The van der Waals surface area contributed by atoms with Crippen LogP contribution in [0.25, 0.3) is 0 Å². The molecule has 0 spiro atoms. The number of ketones is 1. The molecule has 1 aromatic rings. The second kappa shape index (κ2) is 4.94. The molecule has 0 N–H and O–H groups in total. The highest BCUT2D eigenvalue weighted by Crippen LogP contribution is 2.37. The summed E-state index contributed by atoms with van der Waals surface area (Å²) in [4.78, 5) is 11.3. The van der Waals surface area contributed by atoms with Crippen molar-refractivity contribution in [1.29, 1.82) is 0 Å². The van der Waals surface area contributed by atoms with Crippen molar-refractivity contribution in [3.05, 3.63) is 32.8 Å². The highest BCUT2D eigenvalue weighted by molar-refractivity contribution is 9.10. The second-order valence-corrected chi connectivity index (χ2v) is 4.40. The predicted molar refractivity (Wildman–Crippen MR) is 59.2 cm³/mol. The topological polar surface area (TPSA) is 17.1 Å². The van der Waals surface area contributed by atoms with Gasteiger partial charge >= 0.3 is 6.18 Å². The Hall–Kier alpha value is -0.260. The summed E-state index contributed by atoms with van der Waals surface area (Å²) >= 11 is 13.7. The molecule has 16 heavy (non-hydrogen) atoms. The molecule has 0 heterocycles. The van der Waals surface area contributed by atoms with E-state index in [0.29, 0.717) is 6.07 Å². The van der Waals surface area contributed by atoms with Gasteiger partial charge in [0.1, 0.15) is 0 Å². The van der Waals surface area contributed by atoms with Gasteiger partial charge < -0.3 is 0 Å². The van der Waals surface area contributed by atoms with Gasteiger partial charge in [0, 0.05) is 10.0 Å². The molecule has 0 unspecified atom stereocenters. The zero-order valence-corrected chi connectivity index (χ0v) is 10.6. The van der Waals surface area contributed by atoms with Crippen LogP contribution in [-0.4, -0.2) is 11.7 Å². The van der Waals surface area contributed by atoms with Crippen LogP contribution in [0, 0.1) is 0 Å². The Morgan fingerprint density at radius 3 is 2.38 bits per heavy atom. The minimum absolute atomic E-state index is 0.133. The van der Waals surface area contributed by atoms with Crippen LogP contribution in [0.2, 0.25) is 5.02 Å². The predicted octanol–water partition coefficient (Wildman–Crippen LogP) is 4.54. The van der Waals surface area contributed by atoms with Gasteiger partial charge in [-0.2, -0.15) is 13.2 Å². The molecule has 0 aliphatic heterocycles. The van der Waals surface area contributed by atoms with E-state index in [-0.39, 0.29) is 10.0 Å². The third-order valence-electron chi connectivity index (χ3n) is 1.78. The van der Waals surface area contributed by atoms with E-state index in [1.165, 1.54) is 0 Å². The molecule has 0 amide bonds. The summed E-state index contributed by atoms with van der Waals surface area (Å²) in [6.45, 7) is 0. The normalized spacial score (nSPS) is 11.6. The number of alkyl halides is 4. The summed E-state index contributed by atoms with van der Waals surface area (Å²) in [6.07, 6.45) is -4.60. The summed E-state index contributed by atoms with van der Waals surface area (Å²) in [7, 11) is 0. The van der Waals surface area contributed by atoms with E-state index in [1.807, 2.05) is 0 Å². The van der Waals surface area contributed by atoms with Gasteiger partial charge in [-0.05, 0) is 28.1 Å². The molecule has 1 rings (SSSR count). The minimum atomic E-state index is -4.60. The van der Waals surface area contributed by atoms with Gasteiger partial charge in [0.2, 0.25) is 0 Å². The fourth-order valence-corrected chi connectivity index (χ4v) is 2.16. The first kappa shape index (κ1) is 13.8. The van der Waals surface area contributed by atoms with Gasteiger partial charge in [-0.3, -0.25) is 4.79 Å². The highest BCUT2D eigenvalue weighted by Gasteiger charge is 2.34. The number of carbonyl (C=O) groups is 1. The van der Waals surface area contributed by atoms with Crippen molar-refractivity contribution in [2.75, 3.05) is 5.88 Å². The van der Waals surface area contributed by atoms with Crippen LogP contribution in [0.4, 0.5) is 13.2 Å². The number of Topliss-reactive ketones (excluding diaryl/α,β-unsaturated/α-hetero) is 1. The molecule has 1 aromatic carbocycles. The number of halogens is 6. The van der Waals surface area contributed by atoms with Crippen molar-refractivity contribution in [2.45, 2.75) is 6.18 Å². The Bertz CT molecular complexity index is 431. The summed E-state index contributed by atoms with van der Waals surface area (Å²) in [5.74, 6) is -0.993. The Labute approximate surface area is 108 Å². The molecule has 0 aliphatic rings. The fraction of sp³-hybridized carbons (Fsp3) is 0.222. The molecule has 0 fully saturated rings. The Balaban J connectivity index is 3.39. The largest absolute Gasteiger partial charge is 0.417 e.